The molecule has 20 heavy (non-hydrogen) atoms. The molecule has 118 valence electrons. The fourth-order valence-electron chi connectivity index (χ4n) is 1.99. The summed E-state index contributed by atoms with van der Waals surface area (Å²) in [5, 5.41) is 15.6. The van der Waals surface area contributed by atoms with Crippen molar-refractivity contribution in [3.63, 3.8) is 0 Å². The van der Waals surface area contributed by atoms with Crippen molar-refractivity contribution in [3.8, 4) is 0 Å². The minimum Gasteiger partial charge on any atom is -0.389 e. The predicted molar refractivity (Wildman–Crippen MR) is 76.6 cm³/mol. The summed E-state index contributed by atoms with van der Waals surface area (Å²) < 4.78 is 10.8. The van der Waals surface area contributed by atoms with Crippen LogP contribution >= 0.6 is 0 Å². The zero-order valence-electron chi connectivity index (χ0n) is 12.4. The lowest BCUT2D eigenvalue weighted by atomic mass is 10.2. The first-order valence-electron chi connectivity index (χ1n) is 7.57. The third-order valence-corrected chi connectivity index (χ3v) is 3.12. The third-order valence-electron chi connectivity index (χ3n) is 3.12. The van der Waals surface area contributed by atoms with Crippen LogP contribution in [0.2, 0.25) is 0 Å². The standard InChI is InChI=1S/C14H28N2O4/c1-2-6-16-14(18)5-7-15-9-12(17)10-19-11-13-4-3-8-20-13/h12-13,15,17H,2-11H2,1H3,(H,16,18). The molecule has 2 unspecified atom stereocenters. The van der Waals surface area contributed by atoms with Gasteiger partial charge in [0.25, 0.3) is 0 Å². The van der Waals surface area contributed by atoms with Crippen LogP contribution in [0, 0.1) is 0 Å². The first kappa shape index (κ1) is 17.4. The molecule has 1 rings (SSSR count). The summed E-state index contributed by atoms with van der Waals surface area (Å²) in [6.45, 7) is 5.42. The second kappa shape index (κ2) is 11.0. The van der Waals surface area contributed by atoms with Crippen LogP contribution in [0.5, 0.6) is 0 Å². The number of rotatable bonds is 11. The molecule has 1 heterocycles. The van der Waals surface area contributed by atoms with Crippen LogP contribution in [-0.4, -0.2) is 62.7 Å². The summed E-state index contributed by atoms with van der Waals surface area (Å²) in [5.41, 5.74) is 0. The maximum Gasteiger partial charge on any atom is 0.221 e. The van der Waals surface area contributed by atoms with E-state index < -0.39 is 6.10 Å². The van der Waals surface area contributed by atoms with E-state index in [4.69, 9.17) is 9.47 Å². The molecule has 6 heteroatoms. The van der Waals surface area contributed by atoms with Crippen molar-refractivity contribution in [2.75, 3.05) is 39.5 Å². The van der Waals surface area contributed by atoms with Crippen LogP contribution < -0.4 is 10.6 Å². The Morgan fingerprint density at radius 1 is 1.50 bits per heavy atom. The fourth-order valence-corrected chi connectivity index (χ4v) is 1.99. The quantitative estimate of drug-likeness (QED) is 0.468. The monoisotopic (exact) mass is 288 g/mol. The number of aliphatic hydroxyl groups is 1. The average molecular weight is 288 g/mol. The number of amides is 1. The minimum absolute atomic E-state index is 0.0449. The van der Waals surface area contributed by atoms with Crippen molar-refractivity contribution in [2.45, 2.75) is 44.8 Å². The van der Waals surface area contributed by atoms with Crippen LogP contribution in [0.25, 0.3) is 0 Å². The Labute approximate surface area is 121 Å². The Bertz CT molecular complexity index is 258. The van der Waals surface area contributed by atoms with Crippen molar-refractivity contribution in [3.05, 3.63) is 0 Å². The van der Waals surface area contributed by atoms with E-state index in [1.165, 1.54) is 0 Å². The van der Waals surface area contributed by atoms with Crippen LogP contribution in [0.4, 0.5) is 0 Å². The molecule has 1 fully saturated rings. The maximum absolute atomic E-state index is 11.3. The topological polar surface area (TPSA) is 79.8 Å². The highest BCUT2D eigenvalue weighted by Gasteiger charge is 2.16. The summed E-state index contributed by atoms with van der Waals surface area (Å²) >= 11 is 0. The van der Waals surface area contributed by atoms with Gasteiger partial charge in [0.05, 0.1) is 25.4 Å². The van der Waals surface area contributed by atoms with E-state index in [9.17, 15) is 9.90 Å². The first-order valence-corrected chi connectivity index (χ1v) is 7.57. The third kappa shape index (κ3) is 8.47. The molecule has 1 aliphatic heterocycles. The van der Waals surface area contributed by atoms with E-state index in [0.717, 1.165) is 32.4 Å². The molecule has 0 aliphatic carbocycles. The second-order valence-corrected chi connectivity index (χ2v) is 5.13. The van der Waals surface area contributed by atoms with Gasteiger partial charge in [-0.2, -0.15) is 0 Å². The molecule has 0 radical (unpaired) electrons. The van der Waals surface area contributed by atoms with Crippen molar-refractivity contribution in [1.29, 1.82) is 0 Å². The highest BCUT2D eigenvalue weighted by atomic mass is 16.5. The normalized spacial score (nSPS) is 20.0. The predicted octanol–water partition coefficient (Wildman–Crippen LogP) is 0.0488. The van der Waals surface area contributed by atoms with Crippen LogP contribution in [0.3, 0.4) is 0 Å². The van der Waals surface area contributed by atoms with Crippen LogP contribution in [0.15, 0.2) is 0 Å². The number of hydrogen-bond donors (Lipinski definition) is 3. The van der Waals surface area contributed by atoms with Gasteiger partial charge in [-0.1, -0.05) is 6.92 Å². The number of aliphatic hydroxyl groups excluding tert-OH is 1. The number of carbonyl (C=O) groups is 1. The molecule has 0 spiro atoms. The van der Waals surface area contributed by atoms with E-state index in [-0.39, 0.29) is 12.0 Å². The maximum atomic E-state index is 11.3. The van der Waals surface area contributed by atoms with E-state index in [0.29, 0.717) is 32.7 Å². The molecule has 2 atom stereocenters. The van der Waals surface area contributed by atoms with Crippen molar-refractivity contribution >= 4 is 5.91 Å². The SMILES string of the molecule is CCCNC(=O)CCNCC(O)COCC1CCCO1. The van der Waals surface area contributed by atoms with Gasteiger partial charge in [0, 0.05) is 32.7 Å². The Balaban J connectivity index is 1.89. The summed E-state index contributed by atoms with van der Waals surface area (Å²) in [6, 6.07) is 0. The van der Waals surface area contributed by atoms with Gasteiger partial charge in [0.1, 0.15) is 0 Å². The Hall–Kier alpha value is -0.690. The number of hydrogen-bond acceptors (Lipinski definition) is 5. The van der Waals surface area contributed by atoms with Gasteiger partial charge >= 0.3 is 0 Å². The van der Waals surface area contributed by atoms with Crippen molar-refractivity contribution < 1.29 is 19.4 Å². The van der Waals surface area contributed by atoms with Crippen molar-refractivity contribution in [2.24, 2.45) is 0 Å². The van der Waals surface area contributed by atoms with E-state index in [1.807, 2.05) is 6.92 Å². The number of nitrogens with one attached hydrogen (secondary N) is 2. The Morgan fingerprint density at radius 3 is 3.05 bits per heavy atom. The van der Waals surface area contributed by atoms with Gasteiger partial charge in [-0.05, 0) is 19.3 Å². The van der Waals surface area contributed by atoms with Gasteiger partial charge in [0.2, 0.25) is 5.91 Å². The molecule has 0 saturated carbocycles. The molecule has 1 aliphatic rings. The largest absolute Gasteiger partial charge is 0.389 e. The second-order valence-electron chi connectivity index (χ2n) is 5.13. The van der Waals surface area contributed by atoms with Gasteiger partial charge in [0.15, 0.2) is 0 Å². The van der Waals surface area contributed by atoms with Crippen molar-refractivity contribution in [1.82, 2.24) is 10.6 Å². The molecular formula is C14H28N2O4. The highest BCUT2D eigenvalue weighted by Crippen LogP contribution is 2.11. The summed E-state index contributed by atoms with van der Waals surface area (Å²) in [5.74, 6) is 0.0449. The van der Waals surface area contributed by atoms with Crippen LogP contribution in [0.1, 0.15) is 32.6 Å². The molecule has 0 aromatic rings. The first-order chi connectivity index (χ1) is 9.72. The Kier molecular flexibility index (Phi) is 9.57. The molecule has 1 amide bonds. The number of ether oxygens (including phenoxy) is 2. The minimum atomic E-state index is -0.546. The average Bonchev–Trinajstić information content (AvgIpc) is 2.94. The molecular weight excluding hydrogens is 260 g/mol. The molecule has 1 saturated heterocycles. The fraction of sp³-hybridized carbons (Fsp3) is 0.929. The summed E-state index contributed by atoms with van der Waals surface area (Å²) in [6.07, 6.45) is 3.16. The zero-order chi connectivity index (χ0) is 14.6. The summed E-state index contributed by atoms with van der Waals surface area (Å²) in [7, 11) is 0. The summed E-state index contributed by atoms with van der Waals surface area (Å²) in [4.78, 5) is 11.3. The van der Waals surface area contributed by atoms with Crippen LogP contribution in [-0.2, 0) is 14.3 Å². The highest BCUT2D eigenvalue weighted by molar-refractivity contribution is 5.75. The van der Waals surface area contributed by atoms with Gasteiger partial charge in [-0.25, -0.2) is 0 Å². The molecule has 0 aromatic heterocycles. The Morgan fingerprint density at radius 2 is 2.35 bits per heavy atom. The molecule has 0 bridgehead atoms. The van der Waals surface area contributed by atoms with E-state index >= 15 is 0 Å². The lowest BCUT2D eigenvalue weighted by Gasteiger charge is -2.14. The van der Waals surface area contributed by atoms with E-state index in [2.05, 4.69) is 10.6 Å². The molecule has 0 aromatic carbocycles. The van der Waals surface area contributed by atoms with Gasteiger partial charge in [-0.15, -0.1) is 0 Å². The number of carbonyl (C=O) groups excluding carboxylic acids is 1. The lowest BCUT2D eigenvalue weighted by molar-refractivity contribution is -0.121. The lowest BCUT2D eigenvalue weighted by Crippen LogP contribution is -2.34. The van der Waals surface area contributed by atoms with Gasteiger partial charge in [-0.3, -0.25) is 4.79 Å². The smallest absolute Gasteiger partial charge is 0.221 e. The van der Waals surface area contributed by atoms with E-state index in [1.54, 1.807) is 0 Å². The zero-order valence-corrected chi connectivity index (χ0v) is 12.4. The molecule has 3 N–H and O–H groups in total. The molecule has 6 nitrogen and oxygen atoms in total. The van der Waals surface area contributed by atoms with Gasteiger partial charge < -0.3 is 25.2 Å².